The second-order valence-electron chi connectivity index (χ2n) is 2.31. The van der Waals surface area contributed by atoms with Crippen LogP contribution < -0.4 is 0 Å². The van der Waals surface area contributed by atoms with Gasteiger partial charge in [-0.3, -0.25) is 0 Å². The first-order valence-corrected chi connectivity index (χ1v) is 3.89. The van der Waals surface area contributed by atoms with E-state index < -0.39 is 0 Å². The first kappa shape index (κ1) is 15.0. The zero-order valence-electron chi connectivity index (χ0n) is 7.77. The quantitative estimate of drug-likeness (QED) is 0.342. The van der Waals surface area contributed by atoms with Gasteiger partial charge in [0.05, 0.1) is 33.0 Å². The lowest BCUT2D eigenvalue weighted by molar-refractivity contribution is 0.186. The van der Waals surface area contributed by atoms with E-state index in [-0.39, 0.29) is 33.0 Å². The first-order chi connectivity index (χ1) is 6.17. The lowest BCUT2D eigenvalue weighted by atomic mass is 10.1. The maximum Gasteiger partial charge on any atom is 0.0667 e. The van der Waals surface area contributed by atoms with Crippen LogP contribution in [-0.2, 0) is 0 Å². The molecule has 13 heavy (non-hydrogen) atoms. The molecular formula is C8H18O5. The average Bonchev–Trinajstić information content (AvgIpc) is 2.19. The van der Waals surface area contributed by atoms with Crippen LogP contribution in [0.5, 0.6) is 0 Å². The van der Waals surface area contributed by atoms with Gasteiger partial charge in [0.25, 0.3) is 0 Å². The summed E-state index contributed by atoms with van der Waals surface area (Å²) in [5.74, 6) is 0. The van der Waals surface area contributed by atoms with E-state index in [0.717, 1.165) is 0 Å². The number of rotatable bonds is 4. The second-order valence-corrected chi connectivity index (χ2v) is 2.31. The fourth-order valence-corrected chi connectivity index (χ4v) is 0.432. The molecule has 0 saturated heterocycles. The Balaban J connectivity index is 0. The lowest BCUT2D eigenvalue weighted by Crippen LogP contribution is -2.02. The molecule has 0 unspecified atom stereocenters. The zero-order valence-corrected chi connectivity index (χ0v) is 7.77. The minimum Gasteiger partial charge on any atom is -0.394 e. The molecule has 0 aliphatic rings. The topological polar surface area (TPSA) is 101 Å². The molecule has 0 radical (unpaired) electrons. The van der Waals surface area contributed by atoms with Crippen LogP contribution in [0, 0.1) is 0 Å². The van der Waals surface area contributed by atoms with Crippen LogP contribution >= 0.6 is 0 Å². The lowest BCUT2D eigenvalue weighted by Gasteiger charge is -2.02. The van der Waals surface area contributed by atoms with Gasteiger partial charge < -0.3 is 25.5 Å². The Morgan fingerprint density at radius 1 is 0.769 bits per heavy atom. The molecule has 0 amide bonds. The zero-order chi connectivity index (χ0) is 10.7. The van der Waals surface area contributed by atoms with E-state index >= 15 is 0 Å². The van der Waals surface area contributed by atoms with Crippen LogP contribution in [0.15, 0.2) is 11.1 Å². The number of aliphatic hydroxyl groups excluding tert-OH is 5. The molecule has 0 aromatic heterocycles. The predicted molar refractivity (Wildman–Crippen MR) is 48.1 cm³/mol. The highest BCUT2D eigenvalue weighted by Gasteiger charge is 1.96. The predicted octanol–water partition coefficient (Wildman–Crippen LogP) is -1.75. The largest absolute Gasteiger partial charge is 0.394 e. The van der Waals surface area contributed by atoms with Gasteiger partial charge >= 0.3 is 0 Å². The van der Waals surface area contributed by atoms with Gasteiger partial charge in [-0.1, -0.05) is 0 Å². The van der Waals surface area contributed by atoms with Crippen LogP contribution in [0.1, 0.15) is 6.92 Å². The van der Waals surface area contributed by atoms with E-state index in [0.29, 0.717) is 11.1 Å². The molecule has 0 heterocycles. The van der Waals surface area contributed by atoms with Crippen LogP contribution in [-0.4, -0.2) is 58.6 Å². The SMILES string of the molecule is CC(CO)=C(CO)CO.OCCO. The number of aliphatic hydroxyl groups is 5. The van der Waals surface area contributed by atoms with Crippen molar-refractivity contribution in [2.75, 3.05) is 33.0 Å². The summed E-state index contributed by atoms with van der Waals surface area (Å²) in [6.45, 7) is 0.962. The minimum atomic E-state index is -0.178. The monoisotopic (exact) mass is 194 g/mol. The van der Waals surface area contributed by atoms with Gasteiger partial charge in [-0.2, -0.15) is 0 Å². The summed E-state index contributed by atoms with van der Waals surface area (Å²) < 4.78 is 0. The summed E-state index contributed by atoms with van der Waals surface area (Å²) >= 11 is 0. The number of hydrogen-bond acceptors (Lipinski definition) is 5. The van der Waals surface area contributed by atoms with E-state index in [9.17, 15) is 0 Å². The van der Waals surface area contributed by atoms with Gasteiger partial charge in [0, 0.05) is 0 Å². The molecule has 0 aromatic carbocycles. The van der Waals surface area contributed by atoms with E-state index in [4.69, 9.17) is 25.5 Å². The van der Waals surface area contributed by atoms with Crippen molar-refractivity contribution < 1.29 is 25.5 Å². The fourth-order valence-electron chi connectivity index (χ4n) is 0.432. The Hall–Kier alpha value is -0.460. The van der Waals surface area contributed by atoms with Crippen molar-refractivity contribution in [2.45, 2.75) is 6.92 Å². The third-order valence-electron chi connectivity index (χ3n) is 1.32. The average molecular weight is 194 g/mol. The van der Waals surface area contributed by atoms with Crippen molar-refractivity contribution >= 4 is 0 Å². The molecule has 0 aliphatic carbocycles. The fraction of sp³-hybridized carbons (Fsp3) is 0.750. The molecule has 0 rings (SSSR count). The summed E-state index contributed by atoms with van der Waals surface area (Å²) in [5.41, 5.74) is 1.14. The molecule has 0 atom stereocenters. The van der Waals surface area contributed by atoms with Crippen LogP contribution in [0.3, 0.4) is 0 Å². The summed E-state index contributed by atoms with van der Waals surface area (Å²) in [4.78, 5) is 0. The van der Waals surface area contributed by atoms with Gasteiger partial charge in [-0.05, 0) is 18.1 Å². The highest BCUT2D eigenvalue weighted by molar-refractivity contribution is 5.12. The molecular weight excluding hydrogens is 176 g/mol. The van der Waals surface area contributed by atoms with Crippen LogP contribution in [0.4, 0.5) is 0 Å². The van der Waals surface area contributed by atoms with Gasteiger partial charge in [0.1, 0.15) is 0 Å². The molecule has 0 fully saturated rings. The smallest absolute Gasteiger partial charge is 0.0667 e. The standard InChI is InChI=1S/C6H12O3.C2H6O2/c1-5(2-7)6(3-8)4-9;3-1-2-4/h7-9H,2-4H2,1H3;3-4H,1-2H2. The Morgan fingerprint density at radius 3 is 1.23 bits per heavy atom. The van der Waals surface area contributed by atoms with E-state index in [1.165, 1.54) is 0 Å². The molecule has 5 nitrogen and oxygen atoms in total. The highest BCUT2D eigenvalue weighted by Crippen LogP contribution is 1.99. The van der Waals surface area contributed by atoms with Gasteiger partial charge in [-0.15, -0.1) is 0 Å². The summed E-state index contributed by atoms with van der Waals surface area (Å²) in [6.07, 6.45) is 0. The van der Waals surface area contributed by atoms with Crippen molar-refractivity contribution in [3.63, 3.8) is 0 Å². The maximum atomic E-state index is 8.50. The van der Waals surface area contributed by atoms with Gasteiger partial charge in [0.15, 0.2) is 0 Å². The van der Waals surface area contributed by atoms with Crippen molar-refractivity contribution in [3.05, 3.63) is 11.1 Å². The summed E-state index contributed by atoms with van der Waals surface area (Å²) in [5, 5.41) is 40.7. The normalized spacial score (nSPS) is 8.77. The third kappa shape index (κ3) is 9.45. The molecule has 5 N–H and O–H groups in total. The Morgan fingerprint density at radius 2 is 1.15 bits per heavy atom. The van der Waals surface area contributed by atoms with E-state index in [1.54, 1.807) is 6.92 Å². The number of hydrogen-bond donors (Lipinski definition) is 5. The third-order valence-corrected chi connectivity index (χ3v) is 1.32. The van der Waals surface area contributed by atoms with Gasteiger partial charge in [-0.25, -0.2) is 0 Å². The van der Waals surface area contributed by atoms with Crippen molar-refractivity contribution in [1.29, 1.82) is 0 Å². The highest BCUT2D eigenvalue weighted by atomic mass is 16.3. The van der Waals surface area contributed by atoms with Crippen molar-refractivity contribution in [3.8, 4) is 0 Å². The van der Waals surface area contributed by atoms with Gasteiger partial charge in [0.2, 0.25) is 0 Å². The molecule has 0 aromatic rings. The summed E-state index contributed by atoms with van der Waals surface area (Å²) in [7, 11) is 0. The Kier molecular flexibility index (Phi) is 13.3. The molecule has 0 saturated carbocycles. The second kappa shape index (κ2) is 11.5. The van der Waals surface area contributed by atoms with Crippen molar-refractivity contribution in [2.24, 2.45) is 0 Å². The minimum absolute atomic E-state index is 0.101. The summed E-state index contributed by atoms with van der Waals surface area (Å²) in [6, 6.07) is 0. The molecule has 0 spiro atoms. The van der Waals surface area contributed by atoms with E-state index in [1.807, 2.05) is 0 Å². The van der Waals surface area contributed by atoms with Crippen molar-refractivity contribution in [1.82, 2.24) is 0 Å². The maximum absolute atomic E-state index is 8.50. The Labute approximate surface area is 77.6 Å². The molecule has 5 heteroatoms. The molecule has 0 aliphatic heterocycles. The first-order valence-electron chi connectivity index (χ1n) is 3.89. The Bertz CT molecular complexity index is 124. The van der Waals surface area contributed by atoms with Crippen LogP contribution in [0.25, 0.3) is 0 Å². The molecule has 0 bridgehead atoms. The van der Waals surface area contributed by atoms with E-state index in [2.05, 4.69) is 0 Å². The molecule has 80 valence electrons. The van der Waals surface area contributed by atoms with Crippen LogP contribution in [0.2, 0.25) is 0 Å².